The van der Waals surface area contributed by atoms with Gasteiger partial charge >= 0.3 is 5.97 Å². The van der Waals surface area contributed by atoms with Crippen molar-refractivity contribution in [2.24, 2.45) is 5.41 Å². The number of anilines is 1. The van der Waals surface area contributed by atoms with E-state index in [9.17, 15) is 9.59 Å². The average molecular weight is 357 g/mol. The number of rotatable bonds is 4. The molecular weight excluding hydrogens is 330 g/mol. The SMILES string of the molecule is CCOC(=O)c1cn2c(N3CCC(C)(C)CC3)c(C(C)=O)c(C)cc2n1. The molecule has 3 heterocycles. The number of aromatic nitrogens is 2. The van der Waals surface area contributed by atoms with Crippen molar-refractivity contribution in [2.75, 3.05) is 24.6 Å². The van der Waals surface area contributed by atoms with Gasteiger partial charge in [-0.3, -0.25) is 9.20 Å². The summed E-state index contributed by atoms with van der Waals surface area (Å²) >= 11 is 0. The molecule has 1 fully saturated rings. The van der Waals surface area contributed by atoms with E-state index in [-0.39, 0.29) is 11.5 Å². The Labute approximate surface area is 154 Å². The lowest BCUT2D eigenvalue weighted by molar-refractivity contribution is 0.0520. The number of fused-ring (bicyclic) bond motifs is 1. The Morgan fingerprint density at radius 2 is 1.92 bits per heavy atom. The van der Waals surface area contributed by atoms with E-state index in [0.29, 0.717) is 23.2 Å². The second-order valence-electron chi connectivity index (χ2n) is 7.81. The van der Waals surface area contributed by atoms with Crippen LogP contribution in [0.15, 0.2) is 12.3 Å². The van der Waals surface area contributed by atoms with Gasteiger partial charge in [0, 0.05) is 19.3 Å². The molecule has 0 atom stereocenters. The van der Waals surface area contributed by atoms with Crippen LogP contribution in [0, 0.1) is 12.3 Å². The Kier molecular flexibility index (Phi) is 4.78. The number of hydrogen-bond acceptors (Lipinski definition) is 5. The molecule has 6 nitrogen and oxygen atoms in total. The first kappa shape index (κ1) is 18.4. The van der Waals surface area contributed by atoms with Crippen molar-refractivity contribution in [2.45, 2.75) is 47.5 Å². The molecule has 0 aliphatic carbocycles. The van der Waals surface area contributed by atoms with Crippen LogP contribution in [0.2, 0.25) is 0 Å². The first-order chi connectivity index (χ1) is 12.2. The normalized spacial score (nSPS) is 16.7. The van der Waals surface area contributed by atoms with Crippen LogP contribution in [-0.4, -0.2) is 40.8 Å². The van der Waals surface area contributed by atoms with Crippen LogP contribution in [-0.2, 0) is 4.74 Å². The monoisotopic (exact) mass is 357 g/mol. The zero-order valence-electron chi connectivity index (χ0n) is 16.3. The smallest absolute Gasteiger partial charge is 0.358 e. The molecule has 0 saturated carbocycles. The molecule has 26 heavy (non-hydrogen) atoms. The molecule has 3 rings (SSSR count). The van der Waals surface area contributed by atoms with Crippen LogP contribution < -0.4 is 4.90 Å². The largest absolute Gasteiger partial charge is 0.461 e. The molecule has 0 bridgehead atoms. The zero-order chi connectivity index (χ0) is 19.1. The molecule has 1 saturated heterocycles. The Morgan fingerprint density at radius 3 is 2.50 bits per heavy atom. The second kappa shape index (κ2) is 6.74. The number of carbonyl (C=O) groups is 2. The fourth-order valence-electron chi connectivity index (χ4n) is 3.60. The van der Waals surface area contributed by atoms with E-state index in [0.717, 1.165) is 37.3 Å². The van der Waals surface area contributed by atoms with Gasteiger partial charge in [0.1, 0.15) is 11.5 Å². The molecular formula is C20H27N3O3. The summed E-state index contributed by atoms with van der Waals surface area (Å²) in [6.45, 7) is 11.9. The first-order valence-corrected chi connectivity index (χ1v) is 9.19. The maximum atomic E-state index is 12.4. The molecule has 2 aromatic heterocycles. The van der Waals surface area contributed by atoms with Crippen molar-refractivity contribution in [1.29, 1.82) is 0 Å². The number of esters is 1. The molecule has 2 aromatic rings. The number of pyridine rings is 1. The van der Waals surface area contributed by atoms with Crippen molar-refractivity contribution in [3.8, 4) is 0 Å². The minimum Gasteiger partial charge on any atom is -0.461 e. The maximum absolute atomic E-state index is 12.4. The van der Waals surface area contributed by atoms with E-state index in [1.165, 1.54) is 0 Å². The Hall–Kier alpha value is -2.37. The summed E-state index contributed by atoms with van der Waals surface area (Å²) in [6.07, 6.45) is 3.80. The van der Waals surface area contributed by atoms with Gasteiger partial charge in [-0.1, -0.05) is 13.8 Å². The van der Waals surface area contributed by atoms with Crippen LogP contribution in [0.4, 0.5) is 5.82 Å². The molecule has 0 spiro atoms. The maximum Gasteiger partial charge on any atom is 0.358 e. The quantitative estimate of drug-likeness (QED) is 0.617. The van der Waals surface area contributed by atoms with Crippen molar-refractivity contribution < 1.29 is 14.3 Å². The minimum absolute atomic E-state index is 0.0237. The summed E-state index contributed by atoms with van der Waals surface area (Å²) < 4.78 is 6.95. The molecule has 0 amide bonds. The van der Waals surface area contributed by atoms with E-state index < -0.39 is 5.97 Å². The standard InChI is InChI=1S/C20H27N3O3/c1-6-26-19(25)15-12-23-16(21-15)11-13(2)17(14(3)24)18(23)22-9-7-20(4,5)8-10-22/h11-12H,6-10H2,1-5H3. The number of ether oxygens (including phenoxy) is 1. The van der Waals surface area contributed by atoms with E-state index in [1.807, 2.05) is 17.4 Å². The highest BCUT2D eigenvalue weighted by molar-refractivity contribution is 6.01. The summed E-state index contributed by atoms with van der Waals surface area (Å²) in [6, 6.07) is 1.86. The van der Waals surface area contributed by atoms with Crippen molar-refractivity contribution >= 4 is 23.2 Å². The zero-order valence-corrected chi connectivity index (χ0v) is 16.3. The molecule has 0 unspecified atom stereocenters. The topological polar surface area (TPSA) is 63.9 Å². The number of aryl methyl sites for hydroxylation is 1. The molecule has 6 heteroatoms. The molecule has 0 aromatic carbocycles. The van der Waals surface area contributed by atoms with Gasteiger partial charge in [0.2, 0.25) is 0 Å². The fourth-order valence-corrected chi connectivity index (χ4v) is 3.60. The lowest BCUT2D eigenvalue weighted by Gasteiger charge is -2.39. The van der Waals surface area contributed by atoms with Gasteiger partial charge in [-0.15, -0.1) is 0 Å². The lowest BCUT2D eigenvalue weighted by atomic mass is 9.82. The molecule has 0 N–H and O–H groups in total. The van der Waals surface area contributed by atoms with Gasteiger partial charge in [0.05, 0.1) is 12.2 Å². The molecule has 1 aliphatic heterocycles. The van der Waals surface area contributed by atoms with Crippen molar-refractivity contribution in [3.63, 3.8) is 0 Å². The molecule has 0 radical (unpaired) electrons. The third-order valence-corrected chi connectivity index (χ3v) is 5.18. The summed E-state index contributed by atoms with van der Waals surface area (Å²) in [5.74, 6) is 0.422. The summed E-state index contributed by atoms with van der Waals surface area (Å²) in [4.78, 5) is 31.2. The first-order valence-electron chi connectivity index (χ1n) is 9.19. The number of nitrogens with zero attached hydrogens (tertiary/aromatic N) is 3. The third-order valence-electron chi connectivity index (χ3n) is 5.18. The number of carbonyl (C=O) groups excluding carboxylic acids is 2. The highest BCUT2D eigenvalue weighted by Gasteiger charge is 2.29. The predicted molar refractivity (Wildman–Crippen MR) is 101 cm³/mol. The Bertz CT molecular complexity index is 857. The van der Waals surface area contributed by atoms with Crippen LogP contribution in [0.25, 0.3) is 5.65 Å². The molecule has 140 valence electrons. The highest BCUT2D eigenvalue weighted by Crippen LogP contribution is 2.35. The minimum atomic E-state index is -0.441. The number of hydrogen-bond donors (Lipinski definition) is 0. The second-order valence-corrected chi connectivity index (χ2v) is 7.81. The van der Waals surface area contributed by atoms with Crippen LogP contribution in [0.3, 0.4) is 0 Å². The summed E-state index contributed by atoms with van der Waals surface area (Å²) in [7, 11) is 0. The van der Waals surface area contributed by atoms with Gasteiger partial charge in [-0.25, -0.2) is 9.78 Å². The predicted octanol–water partition coefficient (Wildman–Crippen LogP) is 3.65. The van der Waals surface area contributed by atoms with Crippen molar-refractivity contribution in [1.82, 2.24) is 9.38 Å². The van der Waals surface area contributed by atoms with Gasteiger partial charge < -0.3 is 9.64 Å². The van der Waals surface area contributed by atoms with Gasteiger partial charge in [-0.2, -0.15) is 0 Å². The van der Waals surface area contributed by atoms with Gasteiger partial charge in [-0.05, 0) is 50.7 Å². The Morgan fingerprint density at radius 1 is 1.27 bits per heavy atom. The van der Waals surface area contributed by atoms with E-state index in [2.05, 4.69) is 23.7 Å². The van der Waals surface area contributed by atoms with Crippen LogP contribution in [0.1, 0.15) is 66.9 Å². The fraction of sp³-hybridized carbons (Fsp3) is 0.550. The lowest BCUT2D eigenvalue weighted by Crippen LogP contribution is -2.39. The number of imidazole rings is 1. The Balaban J connectivity index is 2.15. The summed E-state index contributed by atoms with van der Waals surface area (Å²) in [5.41, 5.74) is 2.82. The third kappa shape index (κ3) is 3.32. The number of piperidine rings is 1. The van der Waals surface area contributed by atoms with E-state index >= 15 is 0 Å². The number of Topliss-reactive ketones (excluding diaryl/α,β-unsaturated/α-hetero) is 1. The van der Waals surface area contributed by atoms with Gasteiger partial charge in [0.15, 0.2) is 11.5 Å². The highest BCUT2D eigenvalue weighted by atomic mass is 16.5. The number of ketones is 1. The summed E-state index contributed by atoms with van der Waals surface area (Å²) in [5, 5.41) is 0. The molecule has 1 aliphatic rings. The van der Waals surface area contributed by atoms with Gasteiger partial charge in [0.25, 0.3) is 0 Å². The van der Waals surface area contributed by atoms with Crippen molar-refractivity contribution in [3.05, 3.63) is 29.1 Å². The van der Waals surface area contributed by atoms with Crippen LogP contribution in [0.5, 0.6) is 0 Å². The van der Waals surface area contributed by atoms with E-state index in [1.54, 1.807) is 20.0 Å². The average Bonchev–Trinajstić information content (AvgIpc) is 2.97. The van der Waals surface area contributed by atoms with E-state index in [4.69, 9.17) is 4.74 Å². The van der Waals surface area contributed by atoms with Crippen LogP contribution >= 0.6 is 0 Å².